The number of rotatable bonds is 5. The second kappa shape index (κ2) is 6.27. The maximum atomic E-state index is 12.1. The molecule has 8 heteroatoms. The molecule has 1 aromatic rings. The lowest BCUT2D eigenvalue weighted by atomic mass is 10.1. The Morgan fingerprint density at radius 1 is 1.32 bits per heavy atom. The Kier molecular flexibility index (Phi) is 4.67. The molecule has 1 aliphatic heterocycles. The van der Waals surface area contributed by atoms with Crippen LogP contribution in [0.5, 0.6) is 0 Å². The van der Waals surface area contributed by atoms with Crippen LogP contribution in [0.4, 0.5) is 5.95 Å². The highest BCUT2D eigenvalue weighted by Crippen LogP contribution is 2.12. The molecule has 0 amide bonds. The molecule has 0 saturated carbocycles. The lowest BCUT2D eigenvalue weighted by Crippen LogP contribution is -2.38. The van der Waals surface area contributed by atoms with Crippen LogP contribution in [-0.4, -0.2) is 44.2 Å². The van der Waals surface area contributed by atoms with E-state index in [1.807, 2.05) is 6.92 Å². The second-order valence-corrected chi connectivity index (χ2v) is 5.99. The Bertz CT molecular complexity index is 497. The molecule has 1 saturated heterocycles. The summed E-state index contributed by atoms with van der Waals surface area (Å²) in [6, 6.07) is -0.0767. The number of nitrogens with zero attached hydrogens (tertiary/aromatic N) is 2. The first kappa shape index (κ1) is 14.2. The molecule has 1 aliphatic rings. The van der Waals surface area contributed by atoms with Gasteiger partial charge in [-0.1, -0.05) is 0 Å². The van der Waals surface area contributed by atoms with Crippen LogP contribution in [0, 0.1) is 0 Å². The highest BCUT2D eigenvalue weighted by atomic mass is 32.2. The summed E-state index contributed by atoms with van der Waals surface area (Å²) in [4.78, 5) is 8.01. The van der Waals surface area contributed by atoms with Crippen LogP contribution >= 0.6 is 0 Å². The Hall–Kier alpha value is -1.25. The number of hydrogen-bond donors (Lipinski definition) is 2. The topological polar surface area (TPSA) is 93.2 Å². The minimum atomic E-state index is -3.55. The maximum absolute atomic E-state index is 12.1. The van der Waals surface area contributed by atoms with Gasteiger partial charge in [0.2, 0.25) is 16.0 Å². The van der Waals surface area contributed by atoms with E-state index < -0.39 is 10.0 Å². The molecule has 1 aromatic heterocycles. The number of aromatic nitrogens is 2. The van der Waals surface area contributed by atoms with Crippen LogP contribution in [0.15, 0.2) is 17.3 Å². The van der Waals surface area contributed by atoms with E-state index in [9.17, 15) is 8.42 Å². The van der Waals surface area contributed by atoms with Crippen molar-refractivity contribution in [2.45, 2.75) is 30.7 Å². The first-order valence-electron chi connectivity index (χ1n) is 6.28. The van der Waals surface area contributed by atoms with E-state index in [2.05, 4.69) is 20.0 Å². The van der Waals surface area contributed by atoms with Gasteiger partial charge in [0, 0.05) is 25.8 Å². The van der Waals surface area contributed by atoms with E-state index >= 15 is 0 Å². The summed E-state index contributed by atoms with van der Waals surface area (Å²) in [6.45, 7) is 3.78. The smallest absolute Gasteiger partial charge is 0.243 e. The summed E-state index contributed by atoms with van der Waals surface area (Å²) in [5, 5.41) is 2.91. The fourth-order valence-corrected chi connectivity index (χ4v) is 3.00. The van der Waals surface area contributed by atoms with Crippen molar-refractivity contribution in [3.63, 3.8) is 0 Å². The monoisotopic (exact) mass is 286 g/mol. The standard InChI is InChI=1S/C11H18N4O3S/c1-2-12-11-13-7-10(8-14-11)19(16,17)15-9-3-5-18-6-4-9/h7-9,15H,2-6H2,1H3,(H,12,13,14). The van der Waals surface area contributed by atoms with Gasteiger partial charge in [-0.3, -0.25) is 0 Å². The summed E-state index contributed by atoms with van der Waals surface area (Å²) in [6.07, 6.45) is 4.00. The Balaban J connectivity index is 2.05. The van der Waals surface area contributed by atoms with Gasteiger partial charge in [0.25, 0.3) is 0 Å². The van der Waals surface area contributed by atoms with Crippen molar-refractivity contribution in [2.24, 2.45) is 0 Å². The van der Waals surface area contributed by atoms with Gasteiger partial charge < -0.3 is 10.1 Å². The third-order valence-electron chi connectivity index (χ3n) is 2.82. The van der Waals surface area contributed by atoms with Crippen molar-refractivity contribution in [3.8, 4) is 0 Å². The average molecular weight is 286 g/mol. The van der Waals surface area contributed by atoms with Crippen LogP contribution in [-0.2, 0) is 14.8 Å². The first-order valence-corrected chi connectivity index (χ1v) is 7.76. The van der Waals surface area contributed by atoms with E-state index in [4.69, 9.17) is 4.74 Å². The van der Waals surface area contributed by atoms with Crippen LogP contribution in [0.2, 0.25) is 0 Å². The molecule has 2 rings (SSSR count). The fourth-order valence-electron chi connectivity index (χ4n) is 1.81. The van der Waals surface area contributed by atoms with Gasteiger partial charge in [0.15, 0.2) is 0 Å². The molecule has 7 nitrogen and oxygen atoms in total. The van der Waals surface area contributed by atoms with Gasteiger partial charge >= 0.3 is 0 Å². The molecule has 0 aliphatic carbocycles. The highest BCUT2D eigenvalue weighted by molar-refractivity contribution is 7.89. The Morgan fingerprint density at radius 2 is 1.95 bits per heavy atom. The summed E-state index contributed by atoms with van der Waals surface area (Å²) < 4.78 is 32.1. The van der Waals surface area contributed by atoms with E-state index in [1.54, 1.807) is 0 Å². The average Bonchev–Trinajstić information content (AvgIpc) is 2.40. The van der Waals surface area contributed by atoms with Gasteiger partial charge in [-0.2, -0.15) is 0 Å². The summed E-state index contributed by atoms with van der Waals surface area (Å²) in [7, 11) is -3.55. The molecule has 106 valence electrons. The predicted molar refractivity (Wildman–Crippen MR) is 70.4 cm³/mol. The lowest BCUT2D eigenvalue weighted by molar-refractivity contribution is 0.0832. The maximum Gasteiger partial charge on any atom is 0.243 e. The molecule has 2 heterocycles. The minimum Gasteiger partial charge on any atom is -0.381 e. The normalized spacial score (nSPS) is 17.3. The molecule has 0 aromatic carbocycles. The van der Waals surface area contributed by atoms with E-state index in [-0.39, 0.29) is 10.9 Å². The second-order valence-electron chi connectivity index (χ2n) is 4.28. The molecule has 0 spiro atoms. The van der Waals surface area contributed by atoms with E-state index in [0.717, 1.165) is 0 Å². The third-order valence-corrected chi connectivity index (χ3v) is 4.29. The lowest BCUT2D eigenvalue weighted by Gasteiger charge is -2.22. The van der Waals surface area contributed by atoms with Crippen LogP contribution in [0.25, 0.3) is 0 Å². The van der Waals surface area contributed by atoms with Gasteiger partial charge in [-0.05, 0) is 19.8 Å². The minimum absolute atomic E-state index is 0.0767. The third kappa shape index (κ3) is 3.85. The van der Waals surface area contributed by atoms with Crippen molar-refractivity contribution in [1.82, 2.24) is 14.7 Å². The molecule has 0 radical (unpaired) electrons. The van der Waals surface area contributed by atoms with Gasteiger partial charge in [0.05, 0.1) is 12.4 Å². The van der Waals surface area contributed by atoms with Gasteiger partial charge in [-0.15, -0.1) is 0 Å². The van der Waals surface area contributed by atoms with Crippen LogP contribution < -0.4 is 10.0 Å². The Labute approximate surface area is 112 Å². The zero-order valence-corrected chi connectivity index (χ0v) is 11.6. The van der Waals surface area contributed by atoms with Gasteiger partial charge in [0.1, 0.15) is 4.90 Å². The molecular formula is C11H18N4O3S. The molecule has 19 heavy (non-hydrogen) atoms. The SMILES string of the molecule is CCNc1ncc(S(=O)(=O)NC2CCOCC2)cn1. The number of sulfonamides is 1. The largest absolute Gasteiger partial charge is 0.381 e. The molecule has 0 atom stereocenters. The van der Waals surface area contributed by atoms with E-state index in [1.165, 1.54) is 12.4 Å². The van der Waals surface area contributed by atoms with Crippen molar-refractivity contribution in [3.05, 3.63) is 12.4 Å². The fraction of sp³-hybridized carbons (Fsp3) is 0.636. The summed E-state index contributed by atoms with van der Waals surface area (Å²) in [5.74, 6) is 0.424. The molecule has 0 unspecified atom stereocenters. The number of ether oxygens (including phenoxy) is 1. The van der Waals surface area contributed by atoms with Crippen molar-refractivity contribution in [1.29, 1.82) is 0 Å². The zero-order chi connectivity index (χ0) is 13.7. The quantitative estimate of drug-likeness (QED) is 0.812. The Morgan fingerprint density at radius 3 is 2.53 bits per heavy atom. The molecule has 2 N–H and O–H groups in total. The predicted octanol–water partition coefficient (Wildman–Crippen LogP) is 0.366. The molecular weight excluding hydrogens is 268 g/mol. The summed E-state index contributed by atoms with van der Waals surface area (Å²) in [5.41, 5.74) is 0. The molecule has 1 fully saturated rings. The van der Waals surface area contributed by atoms with Crippen molar-refractivity contribution < 1.29 is 13.2 Å². The summed E-state index contributed by atoms with van der Waals surface area (Å²) >= 11 is 0. The number of nitrogens with one attached hydrogen (secondary N) is 2. The first-order chi connectivity index (χ1) is 9.12. The number of anilines is 1. The molecule has 0 bridgehead atoms. The number of hydrogen-bond acceptors (Lipinski definition) is 6. The zero-order valence-electron chi connectivity index (χ0n) is 10.8. The van der Waals surface area contributed by atoms with Crippen LogP contribution in [0.1, 0.15) is 19.8 Å². The highest BCUT2D eigenvalue weighted by Gasteiger charge is 2.22. The van der Waals surface area contributed by atoms with Crippen molar-refractivity contribution in [2.75, 3.05) is 25.1 Å². The van der Waals surface area contributed by atoms with Crippen molar-refractivity contribution >= 4 is 16.0 Å². The van der Waals surface area contributed by atoms with Crippen LogP contribution in [0.3, 0.4) is 0 Å². The van der Waals surface area contributed by atoms with Gasteiger partial charge in [-0.25, -0.2) is 23.1 Å². The van der Waals surface area contributed by atoms with E-state index in [0.29, 0.717) is 38.5 Å².